The number of hydrogen-bond donors (Lipinski definition) is 0. The lowest BCUT2D eigenvalue weighted by atomic mass is 9.90. The molecule has 0 unspecified atom stereocenters. The fourth-order valence-electron chi connectivity index (χ4n) is 2.92. The molecular formula is C19H23NO4S. The second-order valence-electron chi connectivity index (χ2n) is 6.68. The number of carbonyl (C=O) groups is 1. The van der Waals surface area contributed by atoms with Crippen LogP contribution in [-0.2, 0) is 19.2 Å². The van der Waals surface area contributed by atoms with Crippen molar-refractivity contribution >= 4 is 21.6 Å². The molecule has 0 aliphatic heterocycles. The van der Waals surface area contributed by atoms with Gasteiger partial charge in [-0.25, -0.2) is 0 Å². The molecule has 6 heteroatoms. The molecule has 0 bridgehead atoms. The highest BCUT2D eigenvalue weighted by Gasteiger charge is 2.24. The fraction of sp³-hybridized carbons (Fsp3) is 0.368. The number of allylic oxidation sites excluding steroid dienone is 4. The zero-order valence-electron chi connectivity index (χ0n) is 15.4. The van der Waals surface area contributed by atoms with Crippen LogP contribution >= 0.6 is 0 Å². The van der Waals surface area contributed by atoms with Gasteiger partial charge in [0.05, 0.1) is 0 Å². The molecule has 0 fully saturated rings. The third kappa shape index (κ3) is 4.07. The Bertz CT molecular complexity index is 896. The van der Waals surface area contributed by atoms with Crippen LogP contribution in [0, 0.1) is 26.7 Å². The van der Waals surface area contributed by atoms with Crippen molar-refractivity contribution in [1.82, 2.24) is 0 Å². The van der Waals surface area contributed by atoms with E-state index in [0.29, 0.717) is 28.0 Å². The maximum absolute atomic E-state index is 12.6. The average Bonchev–Trinajstić information content (AvgIpc) is 2.44. The minimum atomic E-state index is -4.04. The molecule has 0 amide bonds. The number of ketones is 1. The molecular weight excluding hydrogens is 338 g/mol. The van der Waals surface area contributed by atoms with Gasteiger partial charge in [0.15, 0.2) is 5.78 Å². The van der Waals surface area contributed by atoms with E-state index in [1.807, 2.05) is 20.8 Å². The molecule has 0 spiro atoms. The molecule has 25 heavy (non-hydrogen) atoms. The standard InChI is InChI=1S/C19H23NO4S/c1-11(2)16-10-17(13(4)9-18(16)21)20-24-25(22,23)19-14(5)7-12(3)8-15(19)6/h7-11H,1-6H3/b20-17+. The maximum Gasteiger partial charge on any atom is 0.359 e. The summed E-state index contributed by atoms with van der Waals surface area (Å²) < 4.78 is 30.1. The van der Waals surface area contributed by atoms with Crippen LogP contribution in [0.2, 0.25) is 0 Å². The predicted octanol–water partition coefficient (Wildman–Crippen LogP) is 3.78. The fourth-order valence-corrected chi connectivity index (χ4v) is 4.08. The second-order valence-corrected chi connectivity index (χ2v) is 8.14. The Kier molecular flexibility index (Phi) is 5.32. The monoisotopic (exact) mass is 361 g/mol. The largest absolute Gasteiger partial charge is 0.359 e. The number of hydrogen-bond acceptors (Lipinski definition) is 5. The van der Waals surface area contributed by atoms with Crippen molar-refractivity contribution < 1.29 is 17.5 Å². The van der Waals surface area contributed by atoms with Gasteiger partial charge in [-0.2, -0.15) is 8.42 Å². The average molecular weight is 361 g/mol. The number of oxime groups is 1. The van der Waals surface area contributed by atoms with Gasteiger partial charge in [0.25, 0.3) is 0 Å². The summed E-state index contributed by atoms with van der Waals surface area (Å²) in [5, 5.41) is 3.82. The molecule has 1 aromatic rings. The Balaban J connectivity index is 2.41. The van der Waals surface area contributed by atoms with Crippen molar-refractivity contribution in [3.8, 4) is 0 Å². The van der Waals surface area contributed by atoms with Crippen LogP contribution in [0.4, 0.5) is 0 Å². The van der Waals surface area contributed by atoms with Gasteiger partial charge >= 0.3 is 10.1 Å². The van der Waals surface area contributed by atoms with Crippen LogP contribution in [0.15, 0.2) is 45.5 Å². The topological polar surface area (TPSA) is 72.8 Å². The lowest BCUT2D eigenvalue weighted by Crippen LogP contribution is -2.16. The molecule has 1 aliphatic carbocycles. The summed E-state index contributed by atoms with van der Waals surface area (Å²) in [6.45, 7) is 10.8. The predicted molar refractivity (Wildman–Crippen MR) is 98.0 cm³/mol. The molecule has 0 radical (unpaired) electrons. The molecule has 1 aliphatic rings. The summed E-state index contributed by atoms with van der Waals surface area (Å²) in [5.74, 6) is -0.0697. The zero-order chi connectivity index (χ0) is 18.9. The summed E-state index contributed by atoms with van der Waals surface area (Å²) in [6, 6.07) is 3.58. The Morgan fingerprint density at radius 3 is 2.08 bits per heavy atom. The molecule has 5 nitrogen and oxygen atoms in total. The van der Waals surface area contributed by atoms with Gasteiger partial charge in [0.1, 0.15) is 10.6 Å². The van der Waals surface area contributed by atoms with Gasteiger partial charge in [-0.05, 0) is 62.5 Å². The van der Waals surface area contributed by atoms with Crippen LogP contribution in [0.3, 0.4) is 0 Å². The van der Waals surface area contributed by atoms with Crippen LogP contribution < -0.4 is 0 Å². The summed E-state index contributed by atoms with van der Waals surface area (Å²) in [5.41, 5.74) is 3.70. The number of carbonyl (C=O) groups excluding carboxylic acids is 1. The summed E-state index contributed by atoms with van der Waals surface area (Å²) in [7, 11) is -4.04. The number of aryl methyl sites for hydroxylation is 3. The van der Waals surface area contributed by atoms with Gasteiger partial charge in [-0.1, -0.05) is 36.7 Å². The zero-order valence-corrected chi connectivity index (χ0v) is 16.2. The minimum absolute atomic E-state index is 0.0141. The SMILES string of the molecule is CC1=CC(=O)C(C(C)C)=C/C1=N\OS(=O)(=O)c1c(C)cc(C)cc1C. The van der Waals surface area contributed by atoms with Crippen molar-refractivity contribution in [1.29, 1.82) is 0 Å². The summed E-state index contributed by atoms with van der Waals surface area (Å²) >= 11 is 0. The maximum atomic E-state index is 12.6. The van der Waals surface area contributed by atoms with E-state index in [0.717, 1.165) is 5.56 Å². The quantitative estimate of drug-likeness (QED) is 0.604. The molecule has 0 heterocycles. The van der Waals surface area contributed by atoms with Crippen molar-refractivity contribution in [3.63, 3.8) is 0 Å². The van der Waals surface area contributed by atoms with E-state index < -0.39 is 10.1 Å². The molecule has 0 atom stereocenters. The van der Waals surface area contributed by atoms with E-state index in [4.69, 9.17) is 4.28 Å². The third-order valence-corrected chi connectivity index (χ3v) is 5.45. The van der Waals surface area contributed by atoms with E-state index in [1.165, 1.54) is 6.08 Å². The lowest BCUT2D eigenvalue weighted by Gasteiger charge is -2.15. The Hall–Kier alpha value is -2.21. The summed E-state index contributed by atoms with van der Waals surface area (Å²) in [6.07, 6.45) is 3.04. The minimum Gasteiger partial charge on any atom is -0.290 e. The van der Waals surface area contributed by atoms with Crippen molar-refractivity contribution in [3.05, 3.63) is 52.1 Å². The third-order valence-electron chi connectivity index (χ3n) is 4.04. The molecule has 2 rings (SSSR count). The Morgan fingerprint density at radius 1 is 1.00 bits per heavy atom. The highest BCUT2D eigenvalue weighted by Crippen LogP contribution is 2.25. The lowest BCUT2D eigenvalue weighted by molar-refractivity contribution is -0.111. The first-order valence-electron chi connectivity index (χ1n) is 8.07. The first-order chi connectivity index (χ1) is 11.5. The second kappa shape index (κ2) is 6.96. The first-order valence-corrected chi connectivity index (χ1v) is 9.48. The molecule has 0 saturated heterocycles. The van der Waals surface area contributed by atoms with Crippen molar-refractivity contribution in [2.24, 2.45) is 11.1 Å². The number of benzene rings is 1. The highest BCUT2D eigenvalue weighted by molar-refractivity contribution is 7.86. The van der Waals surface area contributed by atoms with E-state index in [-0.39, 0.29) is 16.6 Å². The molecule has 0 aromatic heterocycles. The number of rotatable bonds is 4. The van der Waals surface area contributed by atoms with E-state index in [1.54, 1.807) is 39.0 Å². The van der Waals surface area contributed by atoms with E-state index >= 15 is 0 Å². The van der Waals surface area contributed by atoms with Crippen LogP contribution in [-0.4, -0.2) is 19.9 Å². The molecule has 134 valence electrons. The van der Waals surface area contributed by atoms with Crippen LogP contribution in [0.1, 0.15) is 37.5 Å². The van der Waals surface area contributed by atoms with Crippen molar-refractivity contribution in [2.75, 3.05) is 0 Å². The molecule has 0 saturated carbocycles. The Morgan fingerprint density at radius 2 is 1.56 bits per heavy atom. The van der Waals surface area contributed by atoms with Gasteiger partial charge in [-0.3, -0.25) is 9.08 Å². The normalized spacial score (nSPS) is 16.9. The van der Waals surface area contributed by atoms with Gasteiger partial charge < -0.3 is 0 Å². The highest BCUT2D eigenvalue weighted by atomic mass is 32.2. The van der Waals surface area contributed by atoms with Crippen molar-refractivity contribution in [2.45, 2.75) is 46.4 Å². The summed E-state index contributed by atoms with van der Waals surface area (Å²) in [4.78, 5) is 12.1. The Labute approximate surface area is 149 Å². The molecule has 0 N–H and O–H groups in total. The molecule has 1 aromatic carbocycles. The van der Waals surface area contributed by atoms with Gasteiger partial charge in [0.2, 0.25) is 0 Å². The van der Waals surface area contributed by atoms with Gasteiger partial charge in [-0.15, -0.1) is 0 Å². The van der Waals surface area contributed by atoms with E-state index in [2.05, 4.69) is 5.16 Å². The van der Waals surface area contributed by atoms with Crippen LogP contribution in [0.25, 0.3) is 0 Å². The number of nitrogens with zero attached hydrogens (tertiary/aromatic N) is 1. The van der Waals surface area contributed by atoms with Gasteiger partial charge in [0, 0.05) is 5.57 Å². The van der Waals surface area contributed by atoms with Crippen LogP contribution in [0.5, 0.6) is 0 Å². The first kappa shape index (κ1) is 19.1. The van der Waals surface area contributed by atoms with E-state index in [9.17, 15) is 13.2 Å². The smallest absolute Gasteiger partial charge is 0.290 e.